The maximum atomic E-state index is 13.0. The first-order chi connectivity index (χ1) is 19.7. The Morgan fingerprint density at radius 1 is 1.05 bits per heavy atom. The van der Waals surface area contributed by atoms with E-state index in [1.807, 2.05) is 54.7 Å². The minimum Gasteiger partial charge on any atom is -0.493 e. The molecule has 41 heavy (non-hydrogen) atoms. The first kappa shape index (κ1) is 27.0. The number of aromatic carboxylic acids is 1. The predicted octanol–water partition coefficient (Wildman–Crippen LogP) is 6.38. The summed E-state index contributed by atoms with van der Waals surface area (Å²) in [5, 5.41) is 22.6. The molecule has 2 fully saturated rings. The lowest BCUT2D eigenvalue weighted by molar-refractivity contribution is -0.184. The van der Waals surface area contributed by atoms with Gasteiger partial charge in [0.1, 0.15) is 11.3 Å². The SMILES string of the molecule is Cn1cc([C@@H]2C[C@H]2c2c(C(=O)O)cnn2-c2cccc(-c3cccc(OC[C@H]4CC[C@H](C(F)(F)F)CC4)c3)c2)nn1. The summed E-state index contributed by atoms with van der Waals surface area (Å²) < 4.78 is 48.3. The molecule has 2 heterocycles. The van der Waals surface area contributed by atoms with Crippen molar-refractivity contribution in [3.05, 3.63) is 77.9 Å². The average molecular weight is 566 g/mol. The summed E-state index contributed by atoms with van der Waals surface area (Å²) in [7, 11) is 1.80. The van der Waals surface area contributed by atoms with Crippen LogP contribution in [0.3, 0.4) is 0 Å². The van der Waals surface area contributed by atoms with Gasteiger partial charge in [0, 0.05) is 25.1 Å². The molecular weight excluding hydrogens is 535 g/mol. The van der Waals surface area contributed by atoms with Gasteiger partial charge in [-0.05, 0) is 73.4 Å². The van der Waals surface area contributed by atoms with E-state index in [-0.39, 0.29) is 36.2 Å². The number of halogens is 3. The Bertz CT molecular complexity index is 1550. The quantitative estimate of drug-likeness (QED) is 0.266. The standard InChI is InChI=1S/C30H30F3N5O3/c1-37-16-27(35-36-37)24-14-25(24)28-26(29(39)40)15-34-38(28)22-6-2-4-19(12-22)20-5-3-7-23(13-20)41-17-18-8-10-21(11-9-18)30(31,32)33/h2-7,12-13,15-16,18,21,24-25H,8-11,14,17H2,1H3,(H,39,40)/t18-,21-,24-,25-/m1/s1. The highest BCUT2D eigenvalue weighted by Gasteiger charge is 2.46. The second kappa shape index (κ2) is 10.7. The van der Waals surface area contributed by atoms with Gasteiger partial charge in [-0.2, -0.15) is 18.3 Å². The lowest BCUT2D eigenvalue weighted by atomic mass is 9.82. The van der Waals surface area contributed by atoms with E-state index in [0.29, 0.717) is 30.9 Å². The zero-order chi connectivity index (χ0) is 28.7. The zero-order valence-electron chi connectivity index (χ0n) is 22.5. The van der Waals surface area contributed by atoms with E-state index < -0.39 is 18.1 Å². The maximum Gasteiger partial charge on any atom is 0.391 e. The van der Waals surface area contributed by atoms with Crippen molar-refractivity contribution in [2.75, 3.05) is 6.61 Å². The van der Waals surface area contributed by atoms with Crippen LogP contribution in [-0.2, 0) is 7.05 Å². The van der Waals surface area contributed by atoms with Gasteiger partial charge in [0.25, 0.3) is 0 Å². The number of carboxylic acids is 1. The molecule has 214 valence electrons. The Kier molecular flexibility index (Phi) is 7.04. The van der Waals surface area contributed by atoms with Gasteiger partial charge < -0.3 is 9.84 Å². The van der Waals surface area contributed by atoms with Gasteiger partial charge >= 0.3 is 12.1 Å². The monoisotopic (exact) mass is 565 g/mol. The van der Waals surface area contributed by atoms with Crippen molar-refractivity contribution < 1.29 is 27.8 Å². The zero-order valence-corrected chi connectivity index (χ0v) is 22.5. The van der Waals surface area contributed by atoms with Crippen LogP contribution in [0.15, 0.2) is 60.9 Å². The number of rotatable bonds is 8. The fraction of sp³-hybridized carbons (Fsp3) is 0.400. The van der Waals surface area contributed by atoms with Crippen molar-refractivity contribution in [1.29, 1.82) is 0 Å². The molecule has 2 aliphatic rings. The summed E-state index contributed by atoms with van der Waals surface area (Å²) in [4.78, 5) is 12.1. The molecule has 0 unspecified atom stereocenters. The Morgan fingerprint density at radius 2 is 1.78 bits per heavy atom. The van der Waals surface area contributed by atoms with E-state index in [4.69, 9.17) is 4.74 Å². The van der Waals surface area contributed by atoms with E-state index >= 15 is 0 Å². The van der Waals surface area contributed by atoms with Gasteiger partial charge in [-0.25, -0.2) is 9.48 Å². The lowest BCUT2D eigenvalue weighted by Crippen LogP contribution is -2.29. The van der Waals surface area contributed by atoms with Crippen molar-refractivity contribution in [1.82, 2.24) is 24.8 Å². The Labute approximate surface area is 234 Å². The minimum absolute atomic E-state index is 0.0353. The van der Waals surface area contributed by atoms with E-state index in [1.165, 1.54) is 6.20 Å². The van der Waals surface area contributed by atoms with E-state index in [0.717, 1.165) is 28.9 Å². The van der Waals surface area contributed by atoms with Crippen molar-refractivity contribution >= 4 is 5.97 Å². The number of alkyl halides is 3. The fourth-order valence-electron chi connectivity index (χ4n) is 5.90. The summed E-state index contributed by atoms with van der Waals surface area (Å²) in [6.45, 7) is 0.386. The average Bonchev–Trinajstić information content (AvgIpc) is 3.40. The predicted molar refractivity (Wildman–Crippen MR) is 144 cm³/mol. The van der Waals surface area contributed by atoms with E-state index in [2.05, 4.69) is 15.4 Å². The van der Waals surface area contributed by atoms with Gasteiger partial charge in [0.15, 0.2) is 0 Å². The van der Waals surface area contributed by atoms with Crippen molar-refractivity contribution in [3.8, 4) is 22.6 Å². The van der Waals surface area contributed by atoms with Gasteiger partial charge in [-0.3, -0.25) is 4.68 Å². The number of ether oxygens (including phenoxy) is 1. The number of carbonyl (C=O) groups is 1. The molecule has 1 N–H and O–H groups in total. The van der Waals surface area contributed by atoms with Crippen molar-refractivity contribution in [2.24, 2.45) is 18.9 Å². The smallest absolute Gasteiger partial charge is 0.391 e. The number of benzene rings is 2. The lowest BCUT2D eigenvalue weighted by Gasteiger charge is -2.29. The third kappa shape index (κ3) is 5.71. The fourth-order valence-corrected chi connectivity index (χ4v) is 5.90. The van der Waals surface area contributed by atoms with Crippen LogP contribution in [0.4, 0.5) is 13.2 Å². The molecule has 2 aliphatic carbocycles. The van der Waals surface area contributed by atoms with Crippen molar-refractivity contribution in [3.63, 3.8) is 0 Å². The van der Waals surface area contributed by atoms with Gasteiger partial charge in [-0.1, -0.05) is 29.5 Å². The third-order valence-electron chi connectivity index (χ3n) is 8.23. The minimum atomic E-state index is -4.11. The Morgan fingerprint density at radius 3 is 2.46 bits per heavy atom. The van der Waals surface area contributed by atoms with Crippen LogP contribution in [0.5, 0.6) is 5.75 Å². The van der Waals surface area contributed by atoms with Crippen LogP contribution in [0, 0.1) is 11.8 Å². The van der Waals surface area contributed by atoms with Crippen LogP contribution in [0.1, 0.15) is 65.7 Å². The maximum absolute atomic E-state index is 13.0. The van der Waals surface area contributed by atoms with Gasteiger partial charge in [-0.15, -0.1) is 5.10 Å². The molecule has 2 saturated carbocycles. The summed E-state index contributed by atoms with van der Waals surface area (Å²) >= 11 is 0. The second-order valence-electron chi connectivity index (χ2n) is 11.1. The molecule has 2 aromatic heterocycles. The molecule has 2 atom stereocenters. The van der Waals surface area contributed by atoms with Crippen LogP contribution in [-0.4, -0.2) is 48.6 Å². The summed E-state index contributed by atoms with van der Waals surface area (Å²) in [6, 6.07) is 15.3. The molecule has 6 rings (SSSR count). The van der Waals surface area contributed by atoms with Crippen LogP contribution in [0.25, 0.3) is 16.8 Å². The van der Waals surface area contributed by atoms with Gasteiger partial charge in [0.2, 0.25) is 0 Å². The molecule has 0 amide bonds. The number of hydrogen-bond donors (Lipinski definition) is 1. The first-order valence-corrected chi connectivity index (χ1v) is 13.7. The molecule has 0 saturated heterocycles. The highest BCUT2D eigenvalue weighted by atomic mass is 19.4. The molecular formula is C30H30F3N5O3. The van der Waals surface area contributed by atoms with Crippen LogP contribution < -0.4 is 4.74 Å². The highest BCUT2D eigenvalue weighted by Crippen LogP contribution is 2.55. The topological polar surface area (TPSA) is 95.1 Å². The molecule has 8 nitrogen and oxygen atoms in total. The number of hydrogen-bond acceptors (Lipinski definition) is 5. The second-order valence-corrected chi connectivity index (χ2v) is 11.1. The normalized spacial score (nSPS) is 22.4. The number of aromatic nitrogens is 5. The largest absolute Gasteiger partial charge is 0.493 e. The molecule has 0 radical (unpaired) electrons. The van der Waals surface area contributed by atoms with E-state index in [9.17, 15) is 23.1 Å². The Balaban J connectivity index is 1.19. The molecule has 0 aliphatic heterocycles. The first-order valence-electron chi connectivity index (χ1n) is 13.7. The van der Waals surface area contributed by atoms with Crippen LogP contribution in [0.2, 0.25) is 0 Å². The number of aryl methyl sites for hydroxylation is 1. The molecule has 0 spiro atoms. The number of carboxylic acid groups (broad SMARTS) is 1. The summed E-state index contributed by atoms with van der Waals surface area (Å²) in [5.41, 5.74) is 4.19. The number of nitrogens with zero attached hydrogens (tertiary/aromatic N) is 5. The molecule has 0 bridgehead atoms. The van der Waals surface area contributed by atoms with Crippen LogP contribution >= 0.6 is 0 Å². The van der Waals surface area contributed by atoms with Crippen molar-refractivity contribution in [2.45, 2.75) is 50.1 Å². The summed E-state index contributed by atoms with van der Waals surface area (Å²) in [5.74, 6) is -1.42. The Hall–Kier alpha value is -4.15. The van der Waals surface area contributed by atoms with E-state index in [1.54, 1.807) is 16.4 Å². The van der Waals surface area contributed by atoms with Gasteiger partial charge in [0.05, 0.1) is 35.8 Å². The summed E-state index contributed by atoms with van der Waals surface area (Å²) in [6.07, 6.45) is 1.24. The third-order valence-corrected chi connectivity index (χ3v) is 8.23. The molecule has 11 heteroatoms. The highest BCUT2D eigenvalue weighted by molar-refractivity contribution is 5.89. The molecule has 4 aromatic rings. The molecule has 2 aromatic carbocycles.